The predicted molar refractivity (Wildman–Crippen MR) is 106 cm³/mol. The van der Waals surface area contributed by atoms with Crippen molar-refractivity contribution in [2.24, 2.45) is 5.92 Å². The van der Waals surface area contributed by atoms with E-state index in [1.807, 2.05) is 78.2 Å². The van der Waals surface area contributed by atoms with Crippen molar-refractivity contribution in [2.45, 2.75) is 18.7 Å². The number of anilines is 1. The Kier molecular flexibility index (Phi) is 4.22. The molecule has 0 radical (unpaired) electrons. The molecule has 2 fully saturated rings. The molecule has 28 heavy (non-hydrogen) atoms. The number of nitrogens with zero attached hydrogens (tertiary/aromatic N) is 2. The highest BCUT2D eigenvalue weighted by atomic mass is 32.1. The minimum atomic E-state index is -0.788. The van der Waals surface area contributed by atoms with Crippen LogP contribution in [0.2, 0.25) is 0 Å². The number of hydrogen-bond acceptors (Lipinski definition) is 5. The van der Waals surface area contributed by atoms with E-state index < -0.39 is 12.0 Å². The lowest BCUT2D eigenvalue weighted by Gasteiger charge is -2.27. The number of likely N-dealkylation sites (tertiary alicyclic amines) is 1. The van der Waals surface area contributed by atoms with Gasteiger partial charge in [0.2, 0.25) is 5.91 Å². The van der Waals surface area contributed by atoms with Crippen LogP contribution in [0.3, 0.4) is 0 Å². The van der Waals surface area contributed by atoms with Crippen LogP contribution in [0.25, 0.3) is 0 Å². The summed E-state index contributed by atoms with van der Waals surface area (Å²) in [4.78, 5) is 34.8. The molecular formula is C22H18N2O3S. The first kappa shape index (κ1) is 17.2. The van der Waals surface area contributed by atoms with E-state index in [1.54, 1.807) is 16.4 Å². The predicted octanol–water partition coefficient (Wildman–Crippen LogP) is 3.79. The number of carbonyl (C=O) groups is 2. The third-order valence-corrected chi connectivity index (χ3v) is 6.18. The molecule has 2 aliphatic rings. The molecule has 1 aromatic heterocycles. The second-order valence-electron chi connectivity index (χ2n) is 6.92. The van der Waals surface area contributed by atoms with Crippen molar-refractivity contribution < 1.29 is 14.4 Å². The van der Waals surface area contributed by atoms with Crippen molar-refractivity contribution in [1.82, 2.24) is 4.90 Å². The van der Waals surface area contributed by atoms with Gasteiger partial charge in [-0.05, 0) is 29.1 Å². The monoisotopic (exact) mass is 390 g/mol. The van der Waals surface area contributed by atoms with E-state index in [-0.39, 0.29) is 24.4 Å². The molecule has 0 unspecified atom stereocenters. The molecule has 2 aromatic carbocycles. The Labute approximate surface area is 166 Å². The second-order valence-corrected chi connectivity index (χ2v) is 7.90. The Bertz CT molecular complexity index is 991. The molecule has 2 aliphatic heterocycles. The number of fused-ring (bicyclic) bond motifs is 1. The van der Waals surface area contributed by atoms with Crippen LogP contribution in [-0.4, -0.2) is 22.8 Å². The van der Waals surface area contributed by atoms with E-state index in [1.165, 1.54) is 4.90 Å². The van der Waals surface area contributed by atoms with Gasteiger partial charge in [0.15, 0.2) is 6.10 Å². The fraction of sp³-hybridized carbons (Fsp3) is 0.182. The van der Waals surface area contributed by atoms with Gasteiger partial charge in [-0.25, -0.2) is 5.06 Å². The first-order chi connectivity index (χ1) is 13.7. The third kappa shape index (κ3) is 2.73. The van der Waals surface area contributed by atoms with E-state index >= 15 is 0 Å². The first-order valence-corrected chi connectivity index (χ1v) is 10.1. The summed E-state index contributed by atoms with van der Waals surface area (Å²) < 4.78 is 0. The zero-order valence-corrected chi connectivity index (χ0v) is 15.8. The first-order valence-electron chi connectivity index (χ1n) is 9.17. The molecule has 0 N–H and O–H groups in total. The molecule has 2 saturated heterocycles. The van der Waals surface area contributed by atoms with E-state index in [9.17, 15) is 9.59 Å². The molecule has 0 saturated carbocycles. The quantitative estimate of drug-likeness (QED) is 0.636. The summed E-state index contributed by atoms with van der Waals surface area (Å²) in [5.74, 6) is -0.982. The number of thiophene rings is 1. The average Bonchev–Trinajstić information content (AvgIpc) is 3.44. The molecule has 0 spiro atoms. The van der Waals surface area contributed by atoms with Crippen LogP contribution in [-0.2, 0) is 21.0 Å². The number of amides is 2. The van der Waals surface area contributed by atoms with Crippen molar-refractivity contribution in [3.8, 4) is 0 Å². The molecule has 0 bridgehead atoms. The topological polar surface area (TPSA) is 49.9 Å². The number of imide groups is 1. The standard InChI is InChI=1S/C22H18N2O3S/c25-21-18-19(17-12-7-13-28-17)24(16-10-5-2-6-11-16)27-20(18)22(26)23(21)14-15-8-3-1-4-9-15/h1-13,18-20H,14H2/t18-,19-,20-/m0/s1. The van der Waals surface area contributed by atoms with Gasteiger partial charge in [0.1, 0.15) is 12.0 Å². The maximum atomic E-state index is 13.3. The van der Waals surface area contributed by atoms with E-state index in [2.05, 4.69) is 0 Å². The highest BCUT2D eigenvalue weighted by Crippen LogP contribution is 2.47. The van der Waals surface area contributed by atoms with Gasteiger partial charge in [0.25, 0.3) is 5.91 Å². The summed E-state index contributed by atoms with van der Waals surface area (Å²) in [5, 5.41) is 3.71. The summed E-state index contributed by atoms with van der Waals surface area (Å²) in [6, 6.07) is 22.8. The van der Waals surface area contributed by atoms with Crippen molar-refractivity contribution in [1.29, 1.82) is 0 Å². The van der Waals surface area contributed by atoms with E-state index in [4.69, 9.17) is 4.84 Å². The number of rotatable bonds is 4. The zero-order chi connectivity index (χ0) is 19.1. The number of hydroxylamine groups is 1. The van der Waals surface area contributed by atoms with Gasteiger partial charge in [-0.15, -0.1) is 11.3 Å². The van der Waals surface area contributed by atoms with Gasteiger partial charge in [-0.1, -0.05) is 54.6 Å². The van der Waals surface area contributed by atoms with Crippen LogP contribution in [0.1, 0.15) is 16.5 Å². The van der Waals surface area contributed by atoms with Crippen molar-refractivity contribution in [3.63, 3.8) is 0 Å². The largest absolute Gasteiger partial charge is 0.275 e. The van der Waals surface area contributed by atoms with E-state index in [0.29, 0.717) is 0 Å². The lowest BCUT2D eigenvalue weighted by Crippen LogP contribution is -2.36. The number of carbonyl (C=O) groups excluding carboxylic acids is 2. The Balaban J connectivity index is 1.50. The average molecular weight is 390 g/mol. The van der Waals surface area contributed by atoms with Crippen LogP contribution in [0.4, 0.5) is 5.69 Å². The van der Waals surface area contributed by atoms with Gasteiger partial charge >= 0.3 is 0 Å². The fourth-order valence-electron chi connectivity index (χ4n) is 3.94. The van der Waals surface area contributed by atoms with E-state index in [0.717, 1.165) is 16.1 Å². The Hall–Kier alpha value is -2.96. The molecule has 3 atom stereocenters. The van der Waals surface area contributed by atoms with Gasteiger partial charge < -0.3 is 0 Å². The molecule has 140 valence electrons. The van der Waals surface area contributed by atoms with Crippen LogP contribution >= 0.6 is 11.3 Å². The summed E-state index contributed by atoms with van der Waals surface area (Å²) in [5.41, 5.74) is 1.77. The third-order valence-electron chi connectivity index (χ3n) is 5.24. The lowest BCUT2D eigenvalue weighted by atomic mass is 9.95. The fourth-order valence-corrected chi connectivity index (χ4v) is 4.79. The number of hydrogen-bond donors (Lipinski definition) is 0. The molecule has 3 aromatic rings. The molecule has 5 nitrogen and oxygen atoms in total. The highest BCUT2D eigenvalue weighted by Gasteiger charge is 2.60. The highest BCUT2D eigenvalue weighted by molar-refractivity contribution is 7.10. The molecule has 3 heterocycles. The lowest BCUT2D eigenvalue weighted by molar-refractivity contribution is -0.143. The van der Waals surface area contributed by atoms with Crippen LogP contribution in [0, 0.1) is 5.92 Å². The molecule has 2 amide bonds. The summed E-state index contributed by atoms with van der Waals surface area (Å²) in [7, 11) is 0. The maximum absolute atomic E-state index is 13.3. The Morgan fingerprint density at radius 2 is 1.57 bits per heavy atom. The summed E-state index contributed by atoms with van der Waals surface area (Å²) in [6.45, 7) is 0.275. The zero-order valence-electron chi connectivity index (χ0n) is 15.0. The normalized spacial score (nSPS) is 24.1. The van der Waals surface area contributed by atoms with Crippen molar-refractivity contribution in [2.75, 3.05) is 5.06 Å². The van der Waals surface area contributed by atoms with Crippen LogP contribution in [0.5, 0.6) is 0 Å². The SMILES string of the molecule is O=C1[C@@H]2[C@H](ON(c3ccccc3)[C@H]2c2cccs2)C(=O)N1Cc1ccccc1. The Morgan fingerprint density at radius 1 is 0.857 bits per heavy atom. The van der Waals surface area contributed by atoms with Gasteiger partial charge in [-0.3, -0.25) is 19.3 Å². The van der Waals surface area contributed by atoms with Crippen molar-refractivity contribution in [3.05, 3.63) is 88.6 Å². The van der Waals surface area contributed by atoms with Crippen LogP contribution in [0.15, 0.2) is 78.2 Å². The minimum Gasteiger partial charge on any atom is -0.275 e. The Morgan fingerprint density at radius 3 is 2.25 bits per heavy atom. The van der Waals surface area contributed by atoms with Crippen LogP contribution < -0.4 is 5.06 Å². The summed E-state index contributed by atoms with van der Waals surface area (Å²) in [6.07, 6.45) is -0.788. The molecule has 0 aliphatic carbocycles. The number of benzene rings is 2. The molecule has 6 heteroatoms. The van der Waals surface area contributed by atoms with Gasteiger partial charge in [-0.2, -0.15) is 0 Å². The smallest absolute Gasteiger partial charge is 0.262 e. The number of para-hydroxylation sites is 1. The van der Waals surface area contributed by atoms with Gasteiger partial charge in [0, 0.05) is 4.88 Å². The van der Waals surface area contributed by atoms with Gasteiger partial charge in [0.05, 0.1) is 12.2 Å². The molecular weight excluding hydrogens is 372 g/mol. The summed E-state index contributed by atoms with van der Waals surface area (Å²) >= 11 is 1.57. The second kappa shape index (κ2) is 6.89. The van der Waals surface area contributed by atoms with Crippen molar-refractivity contribution >= 4 is 28.8 Å². The molecule has 5 rings (SSSR count). The maximum Gasteiger partial charge on any atom is 0.262 e. The minimum absolute atomic E-state index is 0.171.